The molecule has 0 aromatic heterocycles. The fourth-order valence-corrected chi connectivity index (χ4v) is 4.18. The predicted molar refractivity (Wildman–Crippen MR) is 101 cm³/mol. The molecule has 4 N–H and O–H groups in total. The third-order valence-corrected chi connectivity index (χ3v) is 5.76. The molecule has 0 radical (unpaired) electrons. The van der Waals surface area contributed by atoms with Crippen molar-refractivity contribution < 1.29 is 5.11 Å². The molecule has 0 saturated heterocycles. The third kappa shape index (κ3) is 4.22. The van der Waals surface area contributed by atoms with Crippen molar-refractivity contribution in [2.75, 3.05) is 11.1 Å². The second-order valence-electron chi connectivity index (χ2n) is 4.40. The fraction of sp³-hybridized carbons (Fsp3) is 0.143. The van der Waals surface area contributed by atoms with Crippen LogP contribution >= 0.6 is 63.7 Å². The van der Waals surface area contributed by atoms with E-state index in [1.165, 1.54) is 0 Å². The third-order valence-electron chi connectivity index (χ3n) is 2.94. The maximum absolute atomic E-state index is 9.33. The average molecular weight is 544 g/mol. The lowest BCUT2D eigenvalue weighted by Crippen LogP contribution is -2.03. The minimum atomic E-state index is -0.0164. The number of nitrogens with one attached hydrogen (secondary N) is 1. The molecule has 0 spiro atoms. The van der Waals surface area contributed by atoms with Gasteiger partial charge >= 0.3 is 0 Å². The normalized spacial score (nSPS) is 10.7. The van der Waals surface area contributed by atoms with Crippen LogP contribution in [-0.2, 0) is 13.2 Å². The van der Waals surface area contributed by atoms with Gasteiger partial charge in [-0.15, -0.1) is 0 Å². The van der Waals surface area contributed by atoms with Crippen molar-refractivity contribution >= 4 is 75.1 Å². The maximum Gasteiger partial charge on any atom is 0.0693 e. The molecule has 0 heterocycles. The molecule has 2 rings (SSSR count). The lowest BCUT2D eigenvalue weighted by Gasteiger charge is -2.13. The fourth-order valence-electron chi connectivity index (χ4n) is 1.79. The van der Waals surface area contributed by atoms with Gasteiger partial charge in [-0.3, -0.25) is 0 Å². The van der Waals surface area contributed by atoms with Gasteiger partial charge in [0, 0.05) is 35.8 Å². The predicted octanol–water partition coefficient (Wildman–Crippen LogP) is 5.42. The molecule has 0 aliphatic heterocycles. The number of rotatable bonds is 4. The van der Waals surface area contributed by atoms with Crippen molar-refractivity contribution in [3.05, 3.63) is 53.3 Å². The Hall–Kier alpha value is -0.0800. The van der Waals surface area contributed by atoms with Gasteiger partial charge < -0.3 is 16.2 Å². The van der Waals surface area contributed by atoms with Crippen LogP contribution < -0.4 is 11.1 Å². The Balaban J connectivity index is 2.22. The van der Waals surface area contributed by atoms with Crippen LogP contribution in [0.1, 0.15) is 11.1 Å². The van der Waals surface area contributed by atoms with Gasteiger partial charge in [0.2, 0.25) is 0 Å². The standard InChI is InChI=1S/C14H12Br4N2O/c15-9-3-11(17)13(19)1-7(9)5-20-14-2-8(6-21)10(16)4-12(14)18/h1-4,20-21H,5-6,19H2. The zero-order valence-electron chi connectivity index (χ0n) is 10.8. The lowest BCUT2D eigenvalue weighted by molar-refractivity contribution is 0.281. The first-order valence-corrected chi connectivity index (χ1v) is 9.15. The molecule has 112 valence electrons. The van der Waals surface area contributed by atoms with Gasteiger partial charge in [-0.1, -0.05) is 31.9 Å². The molecule has 21 heavy (non-hydrogen) atoms. The van der Waals surface area contributed by atoms with Gasteiger partial charge in [0.25, 0.3) is 0 Å². The Morgan fingerprint density at radius 2 is 1.48 bits per heavy atom. The van der Waals surface area contributed by atoms with E-state index in [9.17, 15) is 5.11 Å². The van der Waals surface area contributed by atoms with Gasteiger partial charge in [-0.25, -0.2) is 0 Å². The molecule has 7 heteroatoms. The number of benzene rings is 2. The molecule has 3 nitrogen and oxygen atoms in total. The highest BCUT2D eigenvalue weighted by atomic mass is 79.9. The maximum atomic E-state index is 9.33. The summed E-state index contributed by atoms with van der Waals surface area (Å²) < 4.78 is 3.64. The zero-order valence-corrected chi connectivity index (χ0v) is 17.1. The number of aliphatic hydroxyl groups is 1. The summed E-state index contributed by atoms with van der Waals surface area (Å²) in [7, 11) is 0. The Labute approximate surface area is 156 Å². The highest BCUT2D eigenvalue weighted by Gasteiger charge is 2.08. The van der Waals surface area contributed by atoms with Crippen LogP contribution in [0.3, 0.4) is 0 Å². The van der Waals surface area contributed by atoms with Crippen molar-refractivity contribution in [2.24, 2.45) is 0 Å². The van der Waals surface area contributed by atoms with Crippen LogP contribution in [0.25, 0.3) is 0 Å². The number of halogens is 4. The number of anilines is 2. The van der Waals surface area contributed by atoms with Crippen molar-refractivity contribution in [3.63, 3.8) is 0 Å². The first-order chi connectivity index (χ1) is 9.92. The monoisotopic (exact) mass is 540 g/mol. The van der Waals surface area contributed by atoms with Crippen LogP contribution in [0.5, 0.6) is 0 Å². The molecule has 2 aromatic carbocycles. The SMILES string of the molecule is Nc1cc(CNc2cc(CO)c(Br)cc2Br)c(Br)cc1Br. The number of hydrogen-bond acceptors (Lipinski definition) is 3. The summed E-state index contributed by atoms with van der Waals surface area (Å²) in [6, 6.07) is 7.67. The van der Waals surface area contributed by atoms with E-state index in [0.717, 1.165) is 34.7 Å². The topological polar surface area (TPSA) is 58.3 Å². The molecular weight excluding hydrogens is 532 g/mol. The summed E-state index contributed by atoms with van der Waals surface area (Å²) in [5, 5.41) is 12.7. The number of aliphatic hydroxyl groups excluding tert-OH is 1. The molecule has 0 saturated carbocycles. The summed E-state index contributed by atoms with van der Waals surface area (Å²) in [5.41, 5.74) is 9.40. The van der Waals surface area contributed by atoms with Crippen molar-refractivity contribution in [1.82, 2.24) is 0 Å². The van der Waals surface area contributed by atoms with E-state index in [0.29, 0.717) is 12.2 Å². The highest BCUT2D eigenvalue weighted by molar-refractivity contribution is 9.11. The van der Waals surface area contributed by atoms with E-state index < -0.39 is 0 Å². The molecule has 2 aromatic rings. The first-order valence-electron chi connectivity index (χ1n) is 5.98. The van der Waals surface area contributed by atoms with Crippen LogP contribution in [0.15, 0.2) is 42.2 Å². The Kier molecular flexibility index (Phi) is 6.14. The Morgan fingerprint density at radius 1 is 0.857 bits per heavy atom. The smallest absolute Gasteiger partial charge is 0.0693 e. The summed E-state index contributed by atoms with van der Waals surface area (Å²) in [6.07, 6.45) is 0. The molecule has 0 fully saturated rings. The van der Waals surface area contributed by atoms with Crippen LogP contribution in [0, 0.1) is 0 Å². The van der Waals surface area contributed by atoms with E-state index in [-0.39, 0.29) is 6.61 Å². The van der Waals surface area contributed by atoms with E-state index in [1.807, 2.05) is 24.3 Å². The van der Waals surface area contributed by atoms with Crippen molar-refractivity contribution in [2.45, 2.75) is 13.2 Å². The molecule has 0 unspecified atom stereocenters. The average Bonchev–Trinajstić information content (AvgIpc) is 2.43. The van der Waals surface area contributed by atoms with E-state index >= 15 is 0 Å². The van der Waals surface area contributed by atoms with Crippen LogP contribution in [0.4, 0.5) is 11.4 Å². The quantitative estimate of drug-likeness (QED) is 0.451. The molecular formula is C14H12Br4N2O. The lowest BCUT2D eigenvalue weighted by atomic mass is 10.1. The number of nitrogen functional groups attached to an aromatic ring is 1. The minimum Gasteiger partial charge on any atom is -0.398 e. The molecule has 0 bridgehead atoms. The number of nitrogens with two attached hydrogens (primary N) is 1. The Bertz CT molecular complexity index is 677. The molecule has 0 aliphatic carbocycles. The first kappa shape index (κ1) is 17.3. The summed E-state index contributed by atoms with van der Waals surface area (Å²) in [5.74, 6) is 0. The zero-order chi connectivity index (χ0) is 15.6. The van der Waals surface area contributed by atoms with E-state index in [2.05, 4.69) is 69.0 Å². The van der Waals surface area contributed by atoms with Gasteiger partial charge in [-0.2, -0.15) is 0 Å². The Morgan fingerprint density at radius 3 is 2.14 bits per heavy atom. The largest absolute Gasteiger partial charge is 0.398 e. The van der Waals surface area contributed by atoms with Crippen LogP contribution in [-0.4, -0.2) is 5.11 Å². The van der Waals surface area contributed by atoms with Crippen molar-refractivity contribution in [1.29, 1.82) is 0 Å². The van der Waals surface area contributed by atoms with Gasteiger partial charge in [0.1, 0.15) is 0 Å². The van der Waals surface area contributed by atoms with Gasteiger partial charge in [0.05, 0.1) is 6.61 Å². The molecule has 0 amide bonds. The molecule has 0 aliphatic rings. The van der Waals surface area contributed by atoms with E-state index in [1.54, 1.807) is 0 Å². The number of hydrogen-bond donors (Lipinski definition) is 3. The second-order valence-corrected chi connectivity index (χ2v) is 7.82. The summed E-state index contributed by atoms with van der Waals surface area (Å²) in [4.78, 5) is 0. The summed E-state index contributed by atoms with van der Waals surface area (Å²) >= 11 is 13.9. The second kappa shape index (κ2) is 7.46. The molecule has 0 atom stereocenters. The minimum absolute atomic E-state index is 0.0164. The van der Waals surface area contributed by atoms with E-state index in [4.69, 9.17) is 5.73 Å². The van der Waals surface area contributed by atoms with Gasteiger partial charge in [0.15, 0.2) is 0 Å². The highest BCUT2D eigenvalue weighted by Crippen LogP contribution is 2.32. The van der Waals surface area contributed by atoms with Gasteiger partial charge in [-0.05, 0) is 67.3 Å². The van der Waals surface area contributed by atoms with Crippen molar-refractivity contribution in [3.8, 4) is 0 Å². The van der Waals surface area contributed by atoms with Crippen LogP contribution in [0.2, 0.25) is 0 Å². The summed E-state index contributed by atoms with van der Waals surface area (Å²) in [6.45, 7) is 0.598.